The zero-order valence-electron chi connectivity index (χ0n) is 12.7. The van der Waals surface area contributed by atoms with Crippen molar-refractivity contribution in [1.82, 2.24) is 15.5 Å². The Hall–Kier alpha value is -2.49. The first-order chi connectivity index (χ1) is 12.0. The zero-order chi connectivity index (χ0) is 17.8. The van der Waals surface area contributed by atoms with Gasteiger partial charge in [0, 0.05) is 12.2 Å². The molecule has 1 aromatic carbocycles. The Bertz CT molecular complexity index is 924. The van der Waals surface area contributed by atoms with Crippen molar-refractivity contribution >= 4 is 56.9 Å². The molecule has 0 saturated carbocycles. The molecule has 25 heavy (non-hydrogen) atoms. The molecule has 2 aromatic heterocycles. The largest absolute Gasteiger partial charge is 0.374 e. The third-order valence-corrected chi connectivity index (χ3v) is 5.12. The van der Waals surface area contributed by atoms with E-state index in [1.165, 1.54) is 11.3 Å². The topological polar surface area (TPSA) is 110 Å². The maximum absolute atomic E-state index is 12.2. The van der Waals surface area contributed by atoms with Crippen molar-refractivity contribution in [2.45, 2.75) is 6.54 Å². The lowest BCUT2D eigenvalue weighted by Crippen LogP contribution is -2.23. The average molecular weight is 394 g/mol. The smallest absolute Gasteiger partial charge is 0.286 e. The Kier molecular flexibility index (Phi) is 5.27. The fourth-order valence-corrected chi connectivity index (χ4v) is 3.46. The number of nitrogens with two attached hydrogens (primary N) is 1. The average Bonchev–Trinajstić information content (AvgIpc) is 3.22. The number of carbonyl (C=O) groups is 2. The third kappa shape index (κ3) is 4.32. The molecule has 7 nitrogen and oxygen atoms in total. The van der Waals surface area contributed by atoms with E-state index in [-0.39, 0.29) is 22.6 Å². The lowest BCUT2D eigenvalue weighted by molar-refractivity contribution is 0.0954. The number of para-hydroxylation sites is 1. The summed E-state index contributed by atoms with van der Waals surface area (Å²) < 4.78 is 0.550. The van der Waals surface area contributed by atoms with Gasteiger partial charge in [0.25, 0.3) is 11.8 Å². The van der Waals surface area contributed by atoms with E-state index in [1.54, 1.807) is 24.3 Å². The van der Waals surface area contributed by atoms with Crippen LogP contribution in [0.25, 0.3) is 0 Å². The number of hydrogen-bond donors (Lipinski definition) is 3. The van der Waals surface area contributed by atoms with Gasteiger partial charge in [-0.1, -0.05) is 41.1 Å². The molecule has 0 unspecified atom stereocenters. The molecule has 0 atom stereocenters. The van der Waals surface area contributed by atoms with Crippen molar-refractivity contribution in [3.05, 3.63) is 56.2 Å². The van der Waals surface area contributed by atoms with Crippen LogP contribution in [0.15, 0.2) is 36.4 Å². The summed E-state index contributed by atoms with van der Waals surface area (Å²) in [7, 11) is 0. The summed E-state index contributed by atoms with van der Waals surface area (Å²) in [5.74, 6) is -0.632. The van der Waals surface area contributed by atoms with E-state index < -0.39 is 5.91 Å². The van der Waals surface area contributed by atoms with Crippen molar-refractivity contribution in [3.8, 4) is 0 Å². The maximum Gasteiger partial charge on any atom is 0.286 e. The standard InChI is InChI=1S/C15H12ClN5O2S2/c16-11-6-5-10(24-11)12(22)18-7-8-3-1-2-4-9(8)19-13(23)14-20-21-15(17)25-14/h1-6H,7H2,(H2,17,21)(H,18,22)(H,19,23). The minimum atomic E-state index is -0.405. The summed E-state index contributed by atoms with van der Waals surface area (Å²) in [6.07, 6.45) is 0. The second-order valence-corrected chi connectivity index (χ2v) is 7.57. The van der Waals surface area contributed by atoms with Gasteiger partial charge in [-0.05, 0) is 23.8 Å². The van der Waals surface area contributed by atoms with Crippen LogP contribution in [0.4, 0.5) is 10.8 Å². The van der Waals surface area contributed by atoms with Crippen LogP contribution >= 0.6 is 34.3 Å². The number of anilines is 2. The molecule has 0 saturated heterocycles. The molecule has 0 aliphatic rings. The Morgan fingerprint density at radius 1 is 1.08 bits per heavy atom. The number of nitrogens with one attached hydrogen (secondary N) is 2. The number of nitrogens with zero attached hydrogens (tertiary/aromatic N) is 2. The number of aromatic nitrogens is 2. The quantitative estimate of drug-likeness (QED) is 0.617. The van der Waals surface area contributed by atoms with Crippen LogP contribution in [-0.4, -0.2) is 22.0 Å². The van der Waals surface area contributed by atoms with Crippen LogP contribution < -0.4 is 16.4 Å². The first-order valence-electron chi connectivity index (χ1n) is 7.04. The number of rotatable bonds is 5. The van der Waals surface area contributed by atoms with Crippen molar-refractivity contribution in [2.75, 3.05) is 11.1 Å². The number of hydrogen-bond acceptors (Lipinski definition) is 7. The van der Waals surface area contributed by atoms with Crippen LogP contribution in [0.1, 0.15) is 25.0 Å². The molecule has 2 amide bonds. The molecule has 0 fully saturated rings. The molecular formula is C15H12ClN5O2S2. The summed E-state index contributed by atoms with van der Waals surface area (Å²) in [5.41, 5.74) is 6.82. The maximum atomic E-state index is 12.2. The summed E-state index contributed by atoms with van der Waals surface area (Å²) in [4.78, 5) is 24.8. The van der Waals surface area contributed by atoms with E-state index in [0.717, 1.165) is 16.9 Å². The second-order valence-electron chi connectivity index (χ2n) is 4.84. The van der Waals surface area contributed by atoms with E-state index in [0.29, 0.717) is 14.9 Å². The number of carbonyl (C=O) groups excluding carboxylic acids is 2. The highest BCUT2D eigenvalue weighted by atomic mass is 35.5. The lowest BCUT2D eigenvalue weighted by Gasteiger charge is -2.10. The highest BCUT2D eigenvalue weighted by Gasteiger charge is 2.14. The molecule has 0 bridgehead atoms. The first-order valence-corrected chi connectivity index (χ1v) is 9.06. The molecular weight excluding hydrogens is 382 g/mol. The van der Waals surface area contributed by atoms with Crippen LogP contribution in [0.2, 0.25) is 4.34 Å². The van der Waals surface area contributed by atoms with Gasteiger partial charge in [0.15, 0.2) is 0 Å². The van der Waals surface area contributed by atoms with E-state index in [1.807, 2.05) is 12.1 Å². The van der Waals surface area contributed by atoms with Crippen molar-refractivity contribution in [2.24, 2.45) is 0 Å². The predicted octanol–water partition coefficient (Wildman–Crippen LogP) is 3.02. The molecule has 0 spiro atoms. The van der Waals surface area contributed by atoms with Gasteiger partial charge in [0.2, 0.25) is 10.1 Å². The van der Waals surface area contributed by atoms with Crippen LogP contribution in [0.3, 0.4) is 0 Å². The monoisotopic (exact) mass is 393 g/mol. The molecule has 3 aromatic rings. The van der Waals surface area contributed by atoms with Gasteiger partial charge in [-0.15, -0.1) is 21.5 Å². The van der Waals surface area contributed by atoms with Crippen molar-refractivity contribution in [1.29, 1.82) is 0 Å². The van der Waals surface area contributed by atoms with Gasteiger partial charge in [0.05, 0.1) is 9.21 Å². The summed E-state index contributed by atoms with van der Waals surface area (Å²) in [5, 5.41) is 13.3. The van der Waals surface area contributed by atoms with E-state index in [4.69, 9.17) is 17.3 Å². The minimum Gasteiger partial charge on any atom is -0.374 e. The SMILES string of the molecule is Nc1nnc(C(=O)Nc2ccccc2CNC(=O)c2ccc(Cl)s2)s1. The van der Waals surface area contributed by atoms with Crippen LogP contribution in [0.5, 0.6) is 0 Å². The Morgan fingerprint density at radius 3 is 2.56 bits per heavy atom. The summed E-state index contributed by atoms with van der Waals surface area (Å²) >= 11 is 8.04. The Labute approximate surface area is 155 Å². The zero-order valence-corrected chi connectivity index (χ0v) is 15.0. The number of benzene rings is 1. The van der Waals surface area contributed by atoms with Crippen molar-refractivity contribution < 1.29 is 9.59 Å². The normalized spacial score (nSPS) is 10.4. The van der Waals surface area contributed by atoms with Gasteiger partial charge >= 0.3 is 0 Å². The van der Waals surface area contributed by atoms with Crippen molar-refractivity contribution in [3.63, 3.8) is 0 Å². The number of nitrogen functional groups attached to an aromatic ring is 1. The Morgan fingerprint density at radius 2 is 1.88 bits per heavy atom. The molecule has 0 radical (unpaired) electrons. The molecule has 4 N–H and O–H groups in total. The molecule has 0 aliphatic heterocycles. The predicted molar refractivity (Wildman–Crippen MR) is 99.2 cm³/mol. The second kappa shape index (κ2) is 7.60. The highest BCUT2D eigenvalue weighted by molar-refractivity contribution is 7.18. The van der Waals surface area contributed by atoms with Gasteiger partial charge in [-0.3, -0.25) is 9.59 Å². The summed E-state index contributed by atoms with van der Waals surface area (Å²) in [6, 6.07) is 10.5. The molecule has 3 rings (SSSR count). The van der Waals surface area contributed by atoms with E-state index in [9.17, 15) is 9.59 Å². The first kappa shape index (κ1) is 17.3. The van der Waals surface area contributed by atoms with Gasteiger partial charge in [-0.25, -0.2) is 0 Å². The lowest BCUT2D eigenvalue weighted by atomic mass is 10.1. The Balaban J connectivity index is 1.68. The minimum absolute atomic E-state index is 0.171. The fraction of sp³-hybridized carbons (Fsp3) is 0.0667. The number of halogens is 1. The molecule has 2 heterocycles. The number of thiophene rings is 1. The van der Waals surface area contributed by atoms with Gasteiger partial charge in [-0.2, -0.15) is 0 Å². The summed E-state index contributed by atoms with van der Waals surface area (Å²) in [6.45, 7) is 0.253. The highest BCUT2D eigenvalue weighted by Crippen LogP contribution is 2.22. The molecule has 0 aliphatic carbocycles. The van der Waals surface area contributed by atoms with Gasteiger partial charge in [0.1, 0.15) is 0 Å². The molecule has 128 valence electrons. The van der Waals surface area contributed by atoms with Gasteiger partial charge < -0.3 is 16.4 Å². The van der Waals surface area contributed by atoms with Crippen LogP contribution in [-0.2, 0) is 6.54 Å². The molecule has 10 heteroatoms. The van der Waals surface area contributed by atoms with E-state index >= 15 is 0 Å². The third-order valence-electron chi connectivity index (χ3n) is 3.14. The fourth-order valence-electron chi connectivity index (χ4n) is 2.00. The number of amides is 2. The van der Waals surface area contributed by atoms with Crippen LogP contribution in [0, 0.1) is 0 Å². The van der Waals surface area contributed by atoms with E-state index in [2.05, 4.69) is 20.8 Å².